The van der Waals surface area contributed by atoms with E-state index in [1.807, 2.05) is 0 Å². The topological polar surface area (TPSA) is 72.2 Å². The van der Waals surface area contributed by atoms with E-state index >= 15 is 0 Å². The van der Waals surface area contributed by atoms with E-state index in [4.69, 9.17) is 17.3 Å². The maximum atomic E-state index is 13.4. The lowest BCUT2D eigenvalue weighted by molar-refractivity contribution is -0.113. The standard InChI is InChI=1S/C14H12ClFN2O2S/c15-9-5-6-11(17)13(7-9)21(20)8-14(19)18-12-4-2-1-3-10(12)16/h1-7H,8,17H2,(H,18,19). The van der Waals surface area contributed by atoms with Gasteiger partial charge in [0, 0.05) is 10.7 Å². The Bertz CT molecular complexity index is 709. The van der Waals surface area contributed by atoms with Crippen molar-refractivity contribution >= 4 is 39.7 Å². The lowest BCUT2D eigenvalue weighted by Gasteiger charge is -2.08. The monoisotopic (exact) mass is 326 g/mol. The van der Waals surface area contributed by atoms with Crippen LogP contribution < -0.4 is 11.1 Å². The number of amides is 1. The van der Waals surface area contributed by atoms with Crippen LogP contribution in [0.15, 0.2) is 47.4 Å². The molecule has 7 heteroatoms. The summed E-state index contributed by atoms with van der Waals surface area (Å²) in [4.78, 5) is 12.1. The van der Waals surface area contributed by atoms with Crippen LogP contribution in [0.2, 0.25) is 5.02 Å². The average Bonchev–Trinajstić information content (AvgIpc) is 2.44. The molecular weight excluding hydrogens is 315 g/mol. The Hall–Kier alpha value is -1.92. The number of nitrogens with two attached hydrogens (primary N) is 1. The Morgan fingerprint density at radius 3 is 2.71 bits per heavy atom. The fraction of sp³-hybridized carbons (Fsp3) is 0.0714. The van der Waals surface area contributed by atoms with Gasteiger partial charge in [0.05, 0.1) is 21.4 Å². The van der Waals surface area contributed by atoms with Gasteiger partial charge in [0.15, 0.2) is 0 Å². The van der Waals surface area contributed by atoms with Crippen molar-refractivity contribution in [2.75, 3.05) is 16.8 Å². The van der Waals surface area contributed by atoms with E-state index in [0.29, 0.717) is 5.02 Å². The molecule has 0 saturated carbocycles. The number of nitrogen functional groups attached to an aromatic ring is 1. The highest BCUT2D eigenvalue weighted by atomic mass is 35.5. The normalized spacial score (nSPS) is 11.9. The molecule has 1 unspecified atom stereocenters. The molecule has 110 valence electrons. The summed E-state index contributed by atoms with van der Waals surface area (Å²) in [6.45, 7) is 0. The highest BCUT2D eigenvalue weighted by Gasteiger charge is 2.14. The summed E-state index contributed by atoms with van der Waals surface area (Å²) in [6.07, 6.45) is 0. The predicted octanol–water partition coefficient (Wildman–Crippen LogP) is 2.81. The summed E-state index contributed by atoms with van der Waals surface area (Å²) in [5, 5.41) is 2.74. The molecule has 0 heterocycles. The molecular formula is C14H12ClFN2O2S. The van der Waals surface area contributed by atoms with Crippen LogP contribution in [0.5, 0.6) is 0 Å². The quantitative estimate of drug-likeness (QED) is 0.849. The maximum absolute atomic E-state index is 13.4. The predicted molar refractivity (Wildman–Crippen MR) is 82.2 cm³/mol. The first-order chi connectivity index (χ1) is 9.97. The zero-order valence-corrected chi connectivity index (χ0v) is 12.4. The average molecular weight is 327 g/mol. The minimum atomic E-state index is -1.66. The molecule has 1 amide bonds. The number of rotatable bonds is 4. The van der Waals surface area contributed by atoms with Gasteiger partial charge in [-0.25, -0.2) is 4.39 Å². The molecule has 0 aromatic heterocycles. The highest BCUT2D eigenvalue weighted by Crippen LogP contribution is 2.21. The van der Waals surface area contributed by atoms with E-state index in [1.54, 1.807) is 12.1 Å². The SMILES string of the molecule is Nc1ccc(Cl)cc1S(=O)CC(=O)Nc1ccccc1F. The molecule has 1 atom stereocenters. The second-order valence-electron chi connectivity index (χ2n) is 4.20. The van der Waals surface area contributed by atoms with Crippen LogP contribution in [0.3, 0.4) is 0 Å². The third kappa shape index (κ3) is 4.03. The second kappa shape index (κ2) is 6.69. The first kappa shape index (κ1) is 15.5. The fourth-order valence-corrected chi connectivity index (χ4v) is 2.94. The number of halogens is 2. The first-order valence-electron chi connectivity index (χ1n) is 5.95. The van der Waals surface area contributed by atoms with E-state index in [-0.39, 0.29) is 22.0 Å². The molecule has 2 aromatic carbocycles. The van der Waals surface area contributed by atoms with Crippen LogP contribution in [-0.2, 0) is 15.6 Å². The number of hydrogen-bond donors (Lipinski definition) is 2. The van der Waals surface area contributed by atoms with E-state index in [9.17, 15) is 13.4 Å². The summed E-state index contributed by atoms with van der Waals surface area (Å²) in [6, 6.07) is 10.3. The van der Waals surface area contributed by atoms with Crippen molar-refractivity contribution in [3.8, 4) is 0 Å². The van der Waals surface area contributed by atoms with Gasteiger partial charge in [-0.05, 0) is 30.3 Å². The van der Waals surface area contributed by atoms with Gasteiger partial charge in [-0.2, -0.15) is 0 Å². The molecule has 0 aliphatic rings. The minimum absolute atomic E-state index is 0.0403. The fourth-order valence-electron chi connectivity index (χ4n) is 1.65. The van der Waals surface area contributed by atoms with E-state index in [1.165, 1.54) is 30.3 Å². The Labute approximate surface area is 128 Å². The lowest BCUT2D eigenvalue weighted by Crippen LogP contribution is -2.20. The van der Waals surface area contributed by atoms with Gasteiger partial charge in [0.1, 0.15) is 11.6 Å². The van der Waals surface area contributed by atoms with Gasteiger partial charge < -0.3 is 11.1 Å². The van der Waals surface area contributed by atoms with Crippen molar-refractivity contribution in [1.29, 1.82) is 0 Å². The number of para-hydroxylation sites is 1. The van der Waals surface area contributed by atoms with Gasteiger partial charge in [0.2, 0.25) is 5.91 Å². The Balaban J connectivity index is 2.08. The van der Waals surface area contributed by atoms with Crippen molar-refractivity contribution in [3.63, 3.8) is 0 Å². The van der Waals surface area contributed by atoms with E-state index < -0.39 is 22.5 Å². The first-order valence-corrected chi connectivity index (χ1v) is 7.65. The summed E-state index contributed by atoms with van der Waals surface area (Å²) in [5.74, 6) is -1.46. The molecule has 0 bridgehead atoms. The van der Waals surface area contributed by atoms with Gasteiger partial charge in [-0.3, -0.25) is 9.00 Å². The van der Waals surface area contributed by atoms with Crippen molar-refractivity contribution in [1.82, 2.24) is 0 Å². The Kier molecular flexibility index (Phi) is 4.93. The number of nitrogens with one attached hydrogen (secondary N) is 1. The van der Waals surface area contributed by atoms with Crippen molar-refractivity contribution < 1.29 is 13.4 Å². The van der Waals surface area contributed by atoms with Crippen LogP contribution >= 0.6 is 11.6 Å². The number of carbonyl (C=O) groups is 1. The molecule has 3 N–H and O–H groups in total. The summed E-state index contributed by atoms with van der Waals surface area (Å²) in [7, 11) is -1.66. The lowest BCUT2D eigenvalue weighted by atomic mass is 10.3. The Morgan fingerprint density at radius 2 is 2.00 bits per heavy atom. The van der Waals surface area contributed by atoms with Gasteiger partial charge in [-0.1, -0.05) is 23.7 Å². The molecule has 0 aliphatic heterocycles. The second-order valence-corrected chi connectivity index (χ2v) is 6.06. The van der Waals surface area contributed by atoms with Crippen LogP contribution in [0, 0.1) is 5.82 Å². The molecule has 0 saturated heterocycles. The van der Waals surface area contributed by atoms with E-state index in [0.717, 1.165) is 0 Å². The third-order valence-corrected chi connectivity index (χ3v) is 4.23. The van der Waals surface area contributed by atoms with Crippen LogP contribution in [0.4, 0.5) is 15.8 Å². The molecule has 4 nitrogen and oxygen atoms in total. The number of benzene rings is 2. The van der Waals surface area contributed by atoms with Gasteiger partial charge in [0.25, 0.3) is 0 Å². The zero-order valence-electron chi connectivity index (χ0n) is 10.8. The highest BCUT2D eigenvalue weighted by molar-refractivity contribution is 7.86. The molecule has 2 aromatic rings. The molecule has 21 heavy (non-hydrogen) atoms. The third-order valence-electron chi connectivity index (χ3n) is 2.63. The Morgan fingerprint density at radius 1 is 1.29 bits per heavy atom. The maximum Gasteiger partial charge on any atom is 0.237 e. The number of anilines is 2. The summed E-state index contributed by atoms with van der Waals surface area (Å²) >= 11 is 5.81. The summed E-state index contributed by atoms with van der Waals surface area (Å²) in [5.41, 5.74) is 6.03. The van der Waals surface area contributed by atoms with Crippen LogP contribution in [0.1, 0.15) is 0 Å². The van der Waals surface area contributed by atoms with Gasteiger partial charge >= 0.3 is 0 Å². The molecule has 0 fully saturated rings. The van der Waals surface area contributed by atoms with Crippen LogP contribution in [-0.4, -0.2) is 15.9 Å². The van der Waals surface area contributed by atoms with Gasteiger partial charge in [-0.15, -0.1) is 0 Å². The van der Waals surface area contributed by atoms with Crippen molar-refractivity contribution in [3.05, 3.63) is 53.3 Å². The molecule has 0 radical (unpaired) electrons. The van der Waals surface area contributed by atoms with E-state index in [2.05, 4.69) is 5.32 Å². The minimum Gasteiger partial charge on any atom is -0.398 e. The molecule has 0 aliphatic carbocycles. The smallest absolute Gasteiger partial charge is 0.237 e. The molecule has 0 spiro atoms. The van der Waals surface area contributed by atoms with Crippen molar-refractivity contribution in [2.24, 2.45) is 0 Å². The molecule has 2 rings (SSSR count). The summed E-state index contributed by atoms with van der Waals surface area (Å²) < 4.78 is 25.5. The van der Waals surface area contributed by atoms with Crippen LogP contribution in [0.25, 0.3) is 0 Å². The zero-order chi connectivity index (χ0) is 15.4. The number of carbonyl (C=O) groups excluding carboxylic acids is 1. The number of hydrogen-bond acceptors (Lipinski definition) is 3. The largest absolute Gasteiger partial charge is 0.398 e. The van der Waals surface area contributed by atoms with Crippen molar-refractivity contribution in [2.45, 2.75) is 4.90 Å².